The molecule has 1 saturated carbocycles. The molecule has 1 rings (SSSR count). The van der Waals surface area contributed by atoms with Crippen LogP contribution in [0.1, 0.15) is 59.8 Å². The quantitative estimate of drug-likeness (QED) is 0.717. The second-order valence-corrected chi connectivity index (χ2v) is 6.37. The average molecular weight is 241 g/mol. The molecule has 1 N–H and O–H groups in total. The van der Waals surface area contributed by atoms with E-state index in [0.717, 1.165) is 38.1 Å². The van der Waals surface area contributed by atoms with Crippen molar-refractivity contribution in [2.75, 3.05) is 19.8 Å². The third kappa shape index (κ3) is 5.39. The summed E-state index contributed by atoms with van der Waals surface area (Å²) in [6, 6.07) is 0.727. The number of rotatable bonds is 6. The molecule has 0 aromatic rings. The third-order valence-electron chi connectivity index (χ3n) is 3.95. The molecule has 0 bridgehead atoms. The Morgan fingerprint density at radius 2 is 1.88 bits per heavy atom. The fourth-order valence-corrected chi connectivity index (χ4v) is 3.02. The molecule has 102 valence electrons. The first-order valence-corrected chi connectivity index (χ1v) is 7.37. The fraction of sp³-hybridized carbons (Fsp3) is 1.00. The standard InChI is InChI=1S/C15H31NO/c1-5-17-12-8-11-16-14-10-7-6-9-13(14)15(2,3)4/h13-14,16H,5-12H2,1-4H3. The van der Waals surface area contributed by atoms with E-state index in [-0.39, 0.29) is 0 Å². The van der Waals surface area contributed by atoms with Gasteiger partial charge >= 0.3 is 0 Å². The summed E-state index contributed by atoms with van der Waals surface area (Å²) in [5.74, 6) is 0.836. The zero-order chi connectivity index (χ0) is 12.7. The first kappa shape index (κ1) is 15.0. The number of hydrogen-bond donors (Lipinski definition) is 1. The normalized spacial score (nSPS) is 26.1. The molecule has 1 aliphatic carbocycles. The van der Waals surface area contributed by atoms with Crippen molar-refractivity contribution in [2.24, 2.45) is 11.3 Å². The van der Waals surface area contributed by atoms with Crippen LogP contribution in [0.4, 0.5) is 0 Å². The molecular formula is C15H31NO. The second-order valence-electron chi connectivity index (χ2n) is 6.37. The molecule has 0 saturated heterocycles. The molecule has 2 unspecified atom stereocenters. The largest absolute Gasteiger partial charge is 0.382 e. The summed E-state index contributed by atoms with van der Waals surface area (Å²) in [6.45, 7) is 12.1. The molecule has 1 fully saturated rings. The number of hydrogen-bond acceptors (Lipinski definition) is 2. The maximum atomic E-state index is 5.38. The molecule has 0 radical (unpaired) electrons. The van der Waals surface area contributed by atoms with E-state index >= 15 is 0 Å². The van der Waals surface area contributed by atoms with Crippen molar-refractivity contribution in [3.8, 4) is 0 Å². The SMILES string of the molecule is CCOCCCNC1CCCCC1C(C)(C)C. The zero-order valence-electron chi connectivity index (χ0n) is 12.2. The smallest absolute Gasteiger partial charge is 0.0477 e. The Labute approximate surface area is 108 Å². The molecule has 0 aromatic heterocycles. The average Bonchev–Trinajstić information content (AvgIpc) is 2.28. The van der Waals surface area contributed by atoms with Crippen molar-refractivity contribution in [3.05, 3.63) is 0 Å². The van der Waals surface area contributed by atoms with Crippen LogP contribution in [0.15, 0.2) is 0 Å². The van der Waals surface area contributed by atoms with Gasteiger partial charge in [-0.15, -0.1) is 0 Å². The van der Waals surface area contributed by atoms with E-state index in [0.29, 0.717) is 5.41 Å². The van der Waals surface area contributed by atoms with E-state index in [1.165, 1.54) is 25.7 Å². The first-order chi connectivity index (χ1) is 8.05. The van der Waals surface area contributed by atoms with Gasteiger partial charge < -0.3 is 10.1 Å². The summed E-state index contributed by atoms with van der Waals surface area (Å²) >= 11 is 0. The van der Waals surface area contributed by atoms with Crippen molar-refractivity contribution in [1.82, 2.24) is 5.32 Å². The van der Waals surface area contributed by atoms with Gasteiger partial charge in [0, 0.05) is 19.3 Å². The number of ether oxygens (including phenoxy) is 1. The van der Waals surface area contributed by atoms with Crippen LogP contribution in [-0.2, 0) is 4.74 Å². The monoisotopic (exact) mass is 241 g/mol. The van der Waals surface area contributed by atoms with Gasteiger partial charge in [0.05, 0.1) is 0 Å². The Hall–Kier alpha value is -0.0800. The van der Waals surface area contributed by atoms with Crippen molar-refractivity contribution < 1.29 is 4.74 Å². The van der Waals surface area contributed by atoms with Crippen LogP contribution >= 0.6 is 0 Å². The third-order valence-corrected chi connectivity index (χ3v) is 3.95. The van der Waals surface area contributed by atoms with Gasteiger partial charge in [-0.25, -0.2) is 0 Å². The molecule has 0 spiro atoms. The number of nitrogens with one attached hydrogen (secondary N) is 1. The van der Waals surface area contributed by atoms with E-state index in [1.807, 2.05) is 0 Å². The molecule has 2 atom stereocenters. The highest BCUT2D eigenvalue weighted by atomic mass is 16.5. The highest BCUT2D eigenvalue weighted by Crippen LogP contribution is 2.37. The van der Waals surface area contributed by atoms with Crippen molar-refractivity contribution in [1.29, 1.82) is 0 Å². The highest BCUT2D eigenvalue weighted by molar-refractivity contribution is 4.88. The summed E-state index contributed by atoms with van der Waals surface area (Å²) in [5, 5.41) is 3.76. The minimum absolute atomic E-state index is 0.442. The molecule has 0 heterocycles. The van der Waals surface area contributed by atoms with E-state index in [4.69, 9.17) is 4.74 Å². The Bertz CT molecular complexity index is 198. The predicted molar refractivity (Wildman–Crippen MR) is 74.3 cm³/mol. The molecule has 2 heteroatoms. The van der Waals surface area contributed by atoms with Crippen molar-refractivity contribution >= 4 is 0 Å². The van der Waals surface area contributed by atoms with Crippen LogP contribution < -0.4 is 5.32 Å². The van der Waals surface area contributed by atoms with Crippen LogP contribution in [0.25, 0.3) is 0 Å². The van der Waals surface area contributed by atoms with Crippen LogP contribution in [0, 0.1) is 11.3 Å². The van der Waals surface area contributed by atoms with Crippen molar-refractivity contribution in [2.45, 2.75) is 65.8 Å². The van der Waals surface area contributed by atoms with Gasteiger partial charge in [-0.3, -0.25) is 0 Å². The van der Waals surface area contributed by atoms with Crippen LogP contribution in [-0.4, -0.2) is 25.8 Å². The van der Waals surface area contributed by atoms with Gasteiger partial charge in [-0.05, 0) is 44.1 Å². The maximum absolute atomic E-state index is 5.38. The lowest BCUT2D eigenvalue weighted by Crippen LogP contribution is -2.44. The topological polar surface area (TPSA) is 21.3 Å². The van der Waals surface area contributed by atoms with Crippen molar-refractivity contribution in [3.63, 3.8) is 0 Å². The van der Waals surface area contributed by atoms with E-state index < -0.39 is 0 Å². The molecule has 1 aliphatic rings. The van der Waals surface area contributed by atoms with Gasteiger partial charge in [-0.1, -0.05) is 33.6 Å². The van der Waals surface area contributed by atoms with Gasteiger partial charge in [0.2, 0.25) is 0 Å². The van der Waals surface area contributed by atoms with Gasteiger partial charge in [0.15, 0.2) is 0 Å². The Morgan fingerprint density at radius 1 is 1.18 bits per heavy atom. The van der Waals surface area contributed by atoms with Gasteiger partial charge in [0.1, 0.15) is 0 Å². The second kappa shape index (κ2) is 7.38. The van der Waals surface area contributed by atoms with Crippen LogP contribution in [0.2, 0.25) is 0 Å². The lowest BCUT2D eigenvalue weighted by Gasteiger charge is -2.41. The fourth-order valence-electron chi connectivity index (χ4n) is 3.02. The van der Waals surface area contributed by atoms with Gasteiger partial charge in [0.25, 0.3) is 0 Å². The van der Waals surface area contributed by atoms with Crippen LogP contribution in [0.3, 0.4) is 0 Å². The first-order valence-electron chi connectivity index (χ1n) is 7.37. The summed E-state index contributed by atoms with van der Waals surface area (Å²) < 4.78 is 5.38. The summed E-state index contributed by atoms with van der Waals surface area (Å²) in [6.07, 6.45) is 6.71. The highest BCUT2D eigenvalue weighted by Gasteiger charge is 2.33. The van der Waals surface area contributed by atoms with Gasteiger partial charge in [-0.2, -0.15) is 0 Å². The molecular weight excluding hydrogens is 210 g/mol. The summed E-state index contributed by atoms with van der Waals surface area (Å²) in [7, 11) is 0. The minimum atomic E-state index is 0.442. The van der Waals surface area contributed by atoms with E-state index in [9.17, 15) is 0 Å². The Balaban J connectivity index is 2.28. The summed E-state index contributed by atoms with van der Waals surface area (Å²) in [4.78, 5) is 0. The molecule has 2 nitrogen and oxygen atoms in total. The van der Waals surface area contributed by atoms with E-state index in [2.05, 4.69) is 33.0 Å². The predicted octanol–water partition coefficient (Wildman–Crippen LogP) is 3.61. The van der Waals surface area contributed by atoms with E-state index in [1.54, 1.807) is 0 Å². The maximum Gasteiger partial charge on any atom is 0.0477 e. The minimum Gasteiger partial charge on any atom is -0.382 e. The lowest BCUT2D eigenvalue weighted by molar-refractivity contribution is 0.120. The molecule has 0 aliphatic heterocycles. The molecule has 0 amide bonds. The Kier molecular flexibility index (Phi) is 6.50. The Morgan fingerprint density at radius 3 is 2.53 bits per heavy atom. The zero-order valence-corrected chi connectivity index (χ0v) is 12.2. The lowest BCUT2D eigenvalue weighted by atomic mass is 9.69. The van der Waals surface area contributed by atoms with Crippen LogP contribution in [0.5, 0.6) is 0 Å². The summed E-state index contributed by atoms with van der Waals surface area (Å²) in [5.41, 5.74) is 0.442. The molecule has 0 aromatic carbocycles. The molecule has 17 heavy (non-hydrogen) atoms.